The Morgan fingerprint density at radius 2 is 1.89 bits per heavy atom. The summed E-state index contributed by atoms with van der Waals surface area (Å²) in [6, 6.07) is 3.44. The summed E-state index contributed by atoms with van der Waals surface area (Å²) in [5.41, 5.74) is 1.91. The van der Waals surface area contributed by atoms with Gasteiger partial charge in [-0.15, -0.1) is 0 Å². The van der Waals surface area contributed by atoms with Crippen LogP contribution in [0, 0.1) is 0 Å². The van der Waals surface area contributed by atoms with Crippen LogP contribution in [-0.4, -0.2) is 32.7 Å². The Kier molecular flexibility index (Phi) is 3.00. The summed E-state index contributed by atoms with van der Waals surface area (Å²) < 4.78 is 2.22. The van der Waals surface area contributed by atoms with E-state index in [0.29, 0.717) is 5.69 Å². The largest absolute Gasteiger partial charge is 0.506 e. The highest BCUT2D eigenvalue weighted by atomic mass is 16.3. The van der Waals surface area contributed by atoms with E-state index in [9.17, 15) is 9.90 Å². The van der Waals surface area contributed by atoms with Gasteiger partial charge >= 0.3 is 5.69 Å². The molecule has 1 N–H and O–H groups in total. The number of hydrogen-bond donors (Lipinski definition) is 1. The summed E-state index contributed by atoms with van der Waals surface area (Å²) >= 11 is 0. The lowest BCUT2D eigenvalue weighted by molar-refractivity contribution is 0.468. The van der Waals surface area contributed by atoms with E-state index in [1.54, 1.807) is 12.1 Å². The Morgan fingerprint density at radius 1 is 1.26 bits per heavy atom. The van der Waals surface area contributed by atoms with Crippen molar-refractivity contribution in [2.24, 2.45) is 7.05 Å². The van der Waals surface area contributed by atoms with Crippen LogP contribution in [0.4, 0.5) is 0 Å². The third kappa shape index (κ3) is 2.28. The molecule has 0 spiro atoms. The second-order valence-electron chi connectivity index (χ2n) is 5.70. The zero-order valence-electron chi connectivity index (χ0n) is 11.8. The fourth-order valence-electron chi connectivity index (χ4n) is 2.12. The van der Waals surface area contributed by atoms with Gasteiger partial charge in [0.05, 0.1) is 0 Å². The molecule has 0 atom stereocenters. The highest BCUT2D eigenvalue weighted by molar-refractivity contribution is 6.33. The topological polar surface area (TPSA) is 72.9 Å². The van der Waals surface area contributed by atoms with Crippen LogP contribution in [-0.2, 0) is 12.5 Å². The van der Waals surface area contributed by atoms with Gasteiger partial charge in [-0.05, 0) is 33.5 Å². The number of tetrazole rings is 1. The minimum atomic E-state index is -0.390. The fourth-order valence-corrected chi connectivity index (χ4v) is 2.12. The van der Waals surface area contributed by atoms with Gasteiger partial charge in [0.1, 0.15) is 19.3 Å². The van der Waals surface area contributed by atoms with Crippen LogP contribution in [0.2, 0.25) is 0 Å². The average molecular weight is 260 g/mol. The molecule has 100 valence electrons. The molecule has 0 radical (unpaired) electrons. The van der Waals surface area contributed by atoms with Crippen molar-refractivity contribution in [2.75, 3.05) is 0 Å². The minimum absolute atomic E-state index is 0.0214. The van der Waals surface area contributed by atoms with Crippen molar-refractivity contribution in [3.8, 4) is 11.4 Å². The van der Waals surface area contributed by atoms with E-state index in [4.69, 9.17) is 0 Å². The van der Waals surface area contributed by atoms with E-state index in [1.807, 2.05) is 7.85 Å². The van der Waals surface area contributed by atoms with E-state index in [2.05, 4.69) is 31.2 Å². The lowest BCUT2D eigenvalue weighted by atomic mass is 9.77. The highest BCUT2D eigenvalue weighted by Crippen LogP contribution is 2.26. The molecule has 2 aromatic rings. The molecule has 0 fully saturated rings. The number of aromatic hydroxyl groups is 1. The number of aryl methyl sites for hydroxylation is 1. The predicted octanol–water partition coefficient (Wildman–Crippen LogP) is -0.773. The molecule has 1 aromatic carbocycles. The maximum Gasteiger partial charge on any atom is 0.368 e. The number of phenolic OH excluding ortho intramolecular Hbond substituents is 1. The number of benzene rings is 1. The van der Waals surface area contributed by atoms with Crippen LogP contribution in [0.1, 0.15) is 26.3 Å². The van der Waals surface area contributed by atoms with Gasteiger partial charge in [-0.25, -0.2) is 4.79 Å². The molecular formula is C12H17BN4O2. The SMILES string of the molecule is Bc1cc(O)c(-n2nnn(C)c2=O)cc1C(C)(C)C. The third-order valence-corrected chi connectivity index (χ3v) is 3.08. The second-order valence-corrected chi connectivity index (χ2v) is 5.70. The highest BCUT2D eigenvalue weighted by Gasteiger charge is 2.20. The van der Waals surface area contributed by atoms with E-state index in [0.717, 1.165) is 20.4 Å². The monoisotopic (exact) mass is 260 g/mol. The van der Waals surface area contributed by atoms with Gasteiger partial charge in [0.15, 0.2) is 0 Å². The molecule has 0 aliphatic rings. The summed E-state index contributed by atoms with van der Waals surface area (Å²) in [7, 11) is 3.45. The Bertz CT molecular complexity index is 682. The van der Waals surface area contributed by atoms with Crippen molar-refractivity contribution in [3.63, 3.8) is 0 Å². The van der Waals surface area contributed by atoms with Crippen LogP contribution in [0.5, 0.6) is 5.75 Å². The van der Waals surface area contributed by atoms with Gasteiger partial charge in [0.2, 0.25) is 0 Å². The maximum absolute atomic E-state index is 11.9. The van der Waals surface area contributed by atoms with E-state index >= 15 is 0 Å². The molecule has 0 saturated heterocycles. The Labute approximate surface area is 112 Å². The minimum Gasteiger partial charge on any atom is -0.506 e. The first-order chi connectivity index (χ1) is 8.71. The van der Waals surface area contributed by atoms with Crippen molar-refractivity contribution in [3.05, 3.63) is 28.2 Å². The van der Waals surface area contributed by atoms with Crippen molar-refractivity contribution in [2.45, 2.75) is 26.2 Å². The molecule has 7 heteroatoms. The summed E-state index contributed by atoms with van der Waals surface area (Å²) in [5, 5.41) is 17.4. The lowest BCUT2D eigenvalue weighted by Crippen LogP contribution is -2.26. The van der Waals surface area contributed by atoms with Crippen molar-refractivity contribution in [1.29, 1.82) is 0 Å². The zero-order valence-corrected chi connectivity index (χ0v) is 11.8. The van der Waals surface area contributed by atoms with Gasteiger partial charge in [-0.1, -0.05) is 26.2 Å². The maximum atomic E-state index is 11.9. The molecule has 0 amide bonds. The number of phenols is 1. The first-order valence-corrected chi connectivity index (χ1v) is 6.05. The molecule has 19 heavy (non-hydrogen) atoms. The molecule has 2 rings (SSSR count). The van der Waals surface area contributed by atoms with Crippen molar-refractivity contribution in [1.82, 2.24) is 19.8 Å². The molecular weight excluding hydrogens is 243 g/mol. The van der Waals surface area contributed by atoms with Crippen molar-refractivity contribution < 1.29 is 5.11 Å². The lowest BCUT2D eigenvalue weighted by Gasteiger charge is -2.23. The molecule has 0 unspecified atom stereocenters. The zero-order chi connectivity index (χ0) is 14.4. The Hall–Kier alpha value is -2.05. The van der Waals surface area contributed by atoms with Crippen LogP contribution in [0.3, 0.4) is 0 Å². The summed E-state index contributed by atoms with van der Waals surface area (Å²) in [6.45, 7) is 6.24. The predicted molar refractivity (Wildman–Crippen MR) is 75.1 cm³/mol. The van der Waals surface area contributed by atoms with Gasteiger partial charge in [-0.3, -0.25) is 0 Å². The summed E-state index contributed by atoms with van der Waals surface area (Å²) in [4.78, 5) is 11.9. The average Bonchev–Trinajstić information content (AvgIpc) is 2.59. The normalized spacial score (nSPS) is 11.8. The standard InChI is InChI=1S/C12H17BN4O2/c1-12(2,3)7-5-9(10(18)6-8(7)13)17-11(19)16(4)14-15-17/h5-6,18H,13H2,1-4H3. The number of rotatable bonds is 1. The number of hydrogen-bond acceptors (Lipinski definition) is 4. The molecule has 0 bridgehead atoms. The summed E-state index contributed by atoms with van der Waals surface area (Å²) in [6.07, 6.45) is 0. The van der Waals surface area contributed by atoms with E-state index in [-0.39, 0.29) is 16.9 Å². The number of nitrogens with zero attached hydrogens (tertiary/aromatic N) is 4. The fraction of sp³-hybridized carbons (Fsp3) is 0.417. The van der Waals surface area contributed by atoms with Crippen LogP contribution in [0.15, 0.2) is 16.9 Å². The molecule has 6 nitrogen and oxygen atoms in total. The molecule has 1 heterocycles. The molecule has 0 aliphatic heterocycles. The van der Waals surface area contributed by atoms with Crippen LogP contribution < -0.4 is 11.2 Å². The van der Waals surface area contributed by atoms with Crippen LogP contribution >= 0.6 is 0 Å². The molecule has 1 aromatic heterocycles. The van der Waals surface area contributed by atoms with Gasteiger partial charge in [-0.2, -0.15) is 9.36 Å². The van der Waals surface area contributed by atoms with E-state index in [1.165, 1.54) is 7.05 Å². The Morgan fingerprint density at radius 3 is 2.37 bits per heavy atom. The second kappa shape index (κ2) is 4.26. The van der Waals surface area contributed by atoms with E-state index < -0.39 is 0 Å². The molecule has 0 saturated carbocycles. The molecule has 0 aliphatic carbocycles. The summed E-state index contributed by atoms with van der Waals surface area (Å²) in [5.74, 6) is 0.0214. The quantitative estimate of drug-likeness (QED) is 0.683. The van der Waals surface area contributed by atoms with Gasteiger partial charge < -0.3 is 5.11 Å². The van der Waals surface area contributed by atoms with Crippen LogP contribution in [0.25, 0.3) is 5.69 Å². The number of aromatic nitrogens is 4. The first-order valence-electron chi connectivity index (χ1n) is 6.05. The Balaban J connectivity index is 2.72. The smallest absolute Gasteiger partial charge is 0.368 e. The van der Waals surface area contributed by atoms with Crippen molar-refractivity contribution >= 4 is 13.3 Å². The van der Waals surface area contributed by atoms with Gasteiger partial charge in [0, 0.05) is 7.05 Å². The first kappa shape index (κ1) is 13.4. The van der Waals surface area contributed by atoms with Gasteiger partial charge in [0.25, 0.3) is 0 Å². The third-order valence-electron chi connectivity index (χ3n) is 3.08.